The van der Waals surface area contributed by atoms with E-state index in [0.717, 1.165) is 42.9 Å². The maximum absolute atomic E-state index is 11.6. The van der Waals surface area contributed by atoms with Crippen LogP contribution in [0.1, 0.15) is 39.7 Å². The first-order valence-corrected chi connectivity index (χ1v) is 13.1. The maximum atomic E-state index is 11.6. The van der Waals surface area contributed by atoms with Gasteiger partial charge in [-0.3, -0.25) is 4.98 Å². The van der Waals surface area contributed by atoms with Crippen molar-refractivity contribution in [1.29, 1.82) is 0 Å². The average molecular weight is 471 g/mol. The molecule has 0 radical (unpaired) electrons. The van der Waals surface area contributed by atoms with Crippen molar-refractivity contribution in [3.8, 4) is 17.0 Å². The van der Waals surface area contributed by atoms with Gasteiger partial charge in [-0.15, -0.1) is 5.10 Å². The summed E-state index contributed by atoms with van der Waals surface area (Å²) in [5.74, 6) is 1.85. The number of benzene rings is 1. The Balaban J connectivity index is 1.32. The first-order chi connectivity index (χ1) is 15.7. The number of pyridine rings is 1. The smallest absolute Gasteiger partial charge is 0.266 e. The number of piperidine rings is 1. The summed E-state index contributed by atoms with van der Waals surface area (Å²) in [5.41, 5.74) is 1.63. The van der Waals surface area contributed by atoms with Crippen LogP contribution in [0.25, 0.3) is 11.3 Å². The van der Waals surface area contributed by atoms with Crippen molar-refractivity contribution in [3.05, 3.63) is 42.6 Å². The summed E-state index contributed by atoms with van der Waals surface area (Å²) in [6, 6.07) is 10.7. The molecule has 4 rings (SSSR count). The van der Waals surface area contributed by atoms with E-state index in [0.29, 0.717) is 16.8 Å². The topological polar surface area (TPSA) is 103 Å². The Morgan fingerprint density at radius 3 is 2.27 bits per heavy atom. The maximum Gasteiger partial charge on any atom is 0.266 e. The first-order valence-electron chi connectivity index (χ1n) is 11.2. The van der Waals surface area contributed by atoms with Crippen LogP contribution in [0.4, 0.5) is 5.95 Å². The largest absolute Gasteiger partial charge is 0.489 e. The van der Waals surface area contributed by atoms with Gasteiger partial charge in [0.05, 0.1) is 28.9 Å². The van der Waals surface area contributed by atoms with Crippen molar-refractivity contribution in [2.45, 2.75) is 50.7 Å². The van der Waals surface area contributed by atoms with Gasteiger partial charge in [0.1, 0.15) is 5.75 Å². The Hall–Kier alpha value is -3.01. The molecule has 3 heterocycles. The fourth-order valence-electron chi connectivity index (χ4n) is 3.94. The van der Waals surface area contributed by atoms with Gasteiger partial charge in [0.25, 0.3) is 5.95 Å². The molecule has 3 aromatic rings. The predicted molar refractivity (Wildman–Crippen MR) is 126 cm³/mol. The number of hydrogen-bond donors (Lipinski definition) is 0. The van der Waals surface area contributed by atoms with Crippen LogP contribution in [0.5, 0.6) is 5.75 Å². The Bertz CT molecular complexity index is 1170. The zero-order chi connectivity index (χ0) is 23.6. The standard InChI is InChI=1S/C23H30N6O3S/c1-16(2)29-26-23(25-27-29)28-13-11-18(12-14-28)17(3)32-20-7-10-22(24-15-20)19-5-8-21(9-6-19)33(4,30)31/h5-10,15-18H,11-14H2,1-4H3/t17-/m0/s1. The Labute approximate surface area is 194 Å². The number of aromatic nitrogens is 5. The Morgan fingerprint density at radius 1 is 1.03 bits per heavy atom. The molecule has 0 spiro atoms. The molecule has 1 fully saturated rings. The van der Waals surface area contributed by atoms with Gasteiger partial charge in [-0.1, -0.05) is 17.2 Å². The van der Waals surface area contributed by atoms with Crippen molar-refractivity contribution >= 4 is 15.8 Å². The summed E-state index contributed by atoms with van der Waals surface area (Å²) < 4.78 is 29.4. The highest BCUT2D eigenvalue weighted by Crippen LogP contribution is 2.27. The normalized spacial score (nSPS) is 16.2. The number of nitrogens with zero attached hydrogens (tertiary/aromatic N) is 6. The van der Waals surface area contributed by atoms with Crippen molar-refractivity contribution in [2.75, 3.05) is 24.2 Å². The minimum absolute atomic E-state index is 0.0631. The van der Waals surface area contributed by atoms with E-state index in [2.05, 4.69) is 32.2 Å². The van der Waals surface area contributed by atoms with E-state index in [9.17, 15) is 8.42 Å². The number of ether oxygens (including phenoxy) is 1. The molecule has 0 unspecified atom stereocenters. The molecular formula is C23H30N6O3S. The van der Waals surface area contributed by atoms with E-state index in [1.54, 1.807) is 35.3 Å². The summed E-state index contributed by atoms with van der Waals surface area (Å²) >= 11 is 0. The molecule has 0 aliphatic carbocycles. The third kappa shape index (κ3) is 5.50. The lowest BCUT2D eigenvalue weighted by atomic mass is 9.92. The predicted octanol–water partition coefficient (Wildman–Crippen LogP) is 3.40. The van der Waals surface area contributed by atoms with Gasteiger partial charge < -0.3 is 9.64 Å². The van der Waals surface area contributed by atoms with Gasteiger partial charge in [-0.25, -0.2) is 8.42 Å². The van der Waals surface area contributed by atoms with E-state index < -0.39 is 9.84 Å². The van der Waals surface area contributed by atoms with Crippen LogP contribution in [-0.2, 0) is 9.84 Å². The van der Waals surface area contributed by atoms with Crippen molar-refractivity contribution < 1.29 is 13.2 Å². The van der Waals surface area contributed by atoms with Crippen molar-refractivity contribution in [1.82, 2.24) is 25.2 Å². The second kappa shape index (κ2) is 9.46. The summed E-state index contributed by atoms with van der Waals surface area (Å²) in [4.78, 5) is 8.62. The number of anilines is 1. The minimum Gasteiger partial charge on any atom is -0.489 e. The van der Waals surface area contributed by atoms with Crippen molar-refractivity contribution in [2.24, 2.45) is 5.92 Å². The molecule has 1 aromatic carbocycles. The zero-order valence-electron chi connectivity index (χ0n) is 19.4. The van der Waals surface area contributed by atoms with Crippen LogP contribution >= 0.6 is 0 Å². The number of hydrogen-bond acceptors (Lipinski definition) is 8. The lowest BCUT2D eigenvalue weighted by Gasteiger charge is -2.34. The number of tetrazole rings is 1. The van der Waals surface area contributed by atoms with Crippen LogP contribution < -0.4 is 9.64 Å². The molecule has 10 heteroatoms. The lowest BCUT2D eigenvalue weighted by Crippen LogP contribution is -2.39. The van der Waals surface area contributed by atoms with Crippen molar-refractivity contribution in [3.63, 3.8) is 0 Å². The number of sulfone groups is 1. The zero-order valence-corrected chi connectivity index (χ0v) is 20.2. The monoisotopic (exact) mass is 470 g/mol. The fraction of sp³-hybridized carbons (Fsp3) is 0.478. The van der Waals surface area contributed by atoms with Crippen LogP contribution in [0, 0.1) is 5.92 Å². The number of rotatable bonds is 7. The van der Waals surface area contributed by atoms with E-state index in [1.807, 2.05) is 26.0 Å². The molecule has 33 heavy (non-hydrogen) atoms. The molecule has 9 nitrogen and oxygen atoms in total. The highest BCUT2D eigenvalue weighted by atomic mass is 32.2. The second-order valence-corrected chi connectivity index (χ2v) is 10.8. The van der Waals surface area contributed by atoms with E-state index >= 15 is 0 Å². The molecule has 0 bridgehead atoms. The first kappa shape index (κ1) is 23.2. The summed E-state index contributed by atoms with van der Waals surface area (Å²) in [6.07, 6.45) is 4.98. The second-order valence-electron chi connectivity index (χ2n) is 8.83. The van der Waals surface area contributed by atoms with Gasteiger partial charge in [0, 0.05) is 24.9 Å². The van der Waals surface area contributed by atoms with E-state index in [-0.39, 0.29) is 12.1 Å². The third-order valence-corrected chi connectivity index (χ3v) is 7.13. The van der Waals surface area contributed by atoms with Crippen LogP contribution in [-0.4, -0.2) is 59.1 Å². The minimum atomic E-state index is -3.21. The van der Waals surface area contributed by atoms with Gasteiger partial charge in [-0.2, -0.15) is 4.80 Å². The Morgan fingerprint density at radius 2 is 1.73 bits per heavy atom. The third-order valence-electron chi connectivity index (χ3n) is 6.00. The molecule has 1 aliphatic rings. The molecule has 1 saturated heterocycles. The summed E-state index contributed by atoms with van der Waals surface area (Å²) in [6.45, 7) is 7.93. The molecular weight excluding hydrogens is 440 g/mol. The average Bonchev–Trinajstić information content (AvgIpc) is 3.30. The Kier molecular flexibility index (Phi) is 6.64. The van der Waals surface area contributed by atoms with Gasteiger partial charge >= 0.3 is 0 Å². The quantitative estimate of drug-likeness (QED) is 0.518. The van der Waals surface area contributed by atoms with Crippen LogP contribution in [0.15, 0.2) is 47.5 Å². The summed E-state index contributed by atoms with van der Waals surface area (Å²) in [7, 11) is -3.21. The molecule has 176 valence electrons. The van der Waals surface area contributed by atoms with E-state index in [1.165, 1.54) is 6.26 Å². The van der Waals surface area contributed by atoms with E-state index in [4.69, 9.17) is 4.74 Å². The van der Waals surface area contributed by atoms with Crippen LogP contribution in [0.3, 0.4) is 0 Å². The lowest BCUT2D eigenvalue weighted by molar-refractivity contribution is 0.132. The SMILES string of the molecule is CC(C)n1nnc(N2CCC([C@H](C)Oc3ccc(-c4ccc(S(C)(=O)=O)cc4)nc3)CC2)n1. The molecule has 1 aliphatic heterocycles. The molecule has 1 atom stereocenters. The fourth-order valence-corrected chi connectivity index (χ4v) is 4.57. The van der Waals surface area contributed by atoms with Crippen LogP contribution in [0.2, 0.25) is 0 Å². The van der Waals surface area contributed by atoms with Gasteiger partial charge in [0.2, 0.25) is 0 Å². The molecule has 0 N–H and O–H groups in total. The van der Waals surface area contributed by atoms with Gasteiger partial charge in [-0.05, 0) is 69.0 Å². The van der Waals surface area contributed by atoms with Gasteiger partial charge in [0.15, 0.2) is 9.84 Å². The molecule has 0 saturated carbocycles. The molecule has 0 amide bonds. The highest BCUT2D eigenvalue weighted by molar-refractivity contribution is 7.90. The highest BCUT2D eigenvalue weighted by Gasteiger charge is 2.27. The molecule has 2 aromatic heterocycles. The summed E-state index contributed by atoms with van der Waals surface area (Å²) in [5, 5.41) is 12.8.